The van der Waals surface area contributed by atoms with Crippen molar-refractivity contribution < 1.29 is 0 Å². The van der Waals surface area contributed by atoms with Gasteiger partial charge in [0.25, 0.3) is 0 Å². The standard InChI is InChI=1S/C19H23NS/c1-20-19(18-12-14-8-5-11-17(14)21-18)16-10-3-2-9-15(16)13-6-4-7-13/h2-3,9-10,12-13,19-20H,4-8,11H2,1H3. The summed E-state index contributed by atoms with van der Waals surface area (Å²) in [5.74, 6) is 0.795. The Morgan fingerprint density at radius 1 is 1.14 bits per heavy atom. The molecule has 1 heterocycles. The smallest absolute Gasteiger partial charge is 0.0671 e. The summed E-state index contributed by atoms with van der Waals surface area (Å²) in [4.78, 5) is 3.14. The topological polar surface area (TPSA) is 12.0 Å². The predicted octanol–water partition coefficient (Wildman–Crippen LogP) is 4.81. The molecular formula is C19H23NS. The first-order valence-electron chi connectivity index (χ1n) is 8.24. The monoisotopic (exact) mass is 297 g/mol. The Labute approximate surface area is 131 Å². The van der Waals surface area contributed by atoms with Crippen LogP contribution in [0.15, 0.2) is 30.3 Å². The van der Waals surface area contributed by atoms with E-state index >= 15 is 0 Å². The van der Waals surface area contributed by atoms with Gasteiger partial charge in [-0.3, -0.25) is 0 Å². The van der Waals surface area contributed by atoms with Gasteiger partial charge in [-0.2, -0.15) is 0 Å². The van der Waals surface area contributed by atoms with Crippen LogP contribution in [0.3, 0.4) is 0 Å². The minimum absolute atomic E-state index is 0.373. The Kier molecular flexibility index (Phi) is 3.60. The summed E-state index contributed by atoms with van der Waals surface area (Å²) < 4.78 is 0. The SMILES string of the molecule is CNC(c1cc2c(s1)CCC2)c1ccccc1C1CCC1. The lowest BCUT2D eigenvalue weighted by Gasteiger charge is -2.30. The van der Waals surface area contributed by atoms with E-state index in [0.717, 1.165) is 5.92 Å². The fraction of sp³-hybridized carbons (Fsp3) is 0.474. The molecule has 1 N–H and O–H groups in total. The number of aryl methyl sites for hydroxylation is 2. The van der Waals surface area contributed by atoms with Crippen LogP contribution in [-0.2, 0) is 12.8 Å². The molecule has 0 saturated heterocycles. The summed E-state index contributed by atoms with van der Waals surface area (Å²) in [6.45, 7) is 0. The first-order valence-corrected chi connectivity index (χ1v) is 9.06. The first-order chi connectivity index (χ1) is 10.4. The molecule has 1 nitrogen and oxygen atoms in total. The van der Waals surface area contributed by atoms with E-state index in [1.807, 2.05) is 11.3 Å². The highest BCUT2D eigenvalue weighted by molar-refractivity contribution is 7.12. The second kappa shape index (κ2) is 5.58. The molecule has 1 saturated carbocycles. The maximum atomic E-state index is 3.58. The molecule has 0 spiro atoms. The third-order valence-corrected chi connectivity index (χ3v) is 6.49. The van der Waals surface area contributed by atoms with Crippen LogP contribution < -0.4 is 5.32 Å². The Morgan fingerprint density at radius 2 is 2.00 bits per heavy atom. The van der Waals surface area contributed by atoms with Gasteiger partial charge >= 0.3 is 0 Å². The summed E-state index contributed by atoms with van der Waals surface area (Å²) in [6, 6.07) is 11.9. The minimum Gasteiger partial charge on any atom is -0.309 e. The van der Waals surface area contributed by atoms with Crippen molar-refractivity contribution in [2.24, 2.45) is 0 Å². The van der Waals surface area contributed by atoms with Gasteiger partial charge in [-0.05, 0) is 67.8 Å². The van der Waals surface area contributed by atoms with Crippen LogP contribution in [0.4, 0.5) is 0 Å². The largest absolute Gasteiger partial charge is 0.309 e. The second-order valence-electron chi connectivity index (χ2n) is 6.43. The van der Waals surface area contributed by atoms with Gasteiger partial charge in [0.15, 0.2) is 0 Å². The molecule has 2 aliphatic carbocycles. The number of fused-ring (bicyclic) bond motifs is 1. The highest BCUT2D eigenvalue weighted by Gasteiger charge is 2.27. The first kappa shape index (κ1) is 13.5. The molecule has 1 unspecified atom stereocenters. The summed E-state index contributed by atoms with van der Waals surface area (Å²) in [5, 5.41) is 3.58. The van der Waals surface area contributed by atoms with E-state index in [4.69, 9.17) is 0 Å². The van der Waals surface area contributed by atoms with Crippen molar-refractivity contribution in [2.45, 2.75) is 50.5 Å². The lowest BCUT2D eigenvalue weighted by Crippen LogP contribution is -2.21. The Hall–Kier alpha value is -1.12. The lowest BCUT2D eigenvalue weighted by molar-refractivity contribution is 0.415. The normalized spacial score (nSPS) is 19.3. The van der Waals surface area contributed by atoms with Crippen LogP contribution in [0, 0.1) is 0 Å². The molecule has 0 amide bonds. The van der Waals surface area contributed by atoms with Crippen molar-refractivity contribution in [3.8, 4) is 0 Å². The minimum atomic E-state index is 0.373. The molecule has 2 aliphatic rings. The molecule has 1 atom stereocenters. The highest BCUT2D eigenvalue weighted by atomic mass is 32.1. The van der Waals surface area contributed by atoms with Crippen molar-refractivity contribution in [3.63, 3.8) is 0 Å². The molecule has 2 heteroatoms. The number of nitrogens with one attached hydrogen (secondary N) is 1. The third kappa shape index (κ3) is 2.35. The van der Waals surface area contributed by atoms with Crippen LogP contribution >= 0.6 is 11.3 Å². The molecule has 1 aromatic carbocycles. The third-order valence-electron chi connectivity index (χ3n) is 5.19. The van der Waals surface area contributed by atoms with Gasteiger partial charge in [0, 0.05) is 9.75 Å². The fourth-order valence-corrected chi connectivity index (χ4v) is 5.20. The quantitative estimate of drug-likeness (QED) is 0.853. The van der Waals surface area contributed by atoms with E-state index in [-0.39, 0.29) is 0 Å². The molecule has 4 rings (SSSR count). The van der Waals surface area contributed by atoms with Gasteiger partial charge in [-0.1, -0.05) is 30.7 Å². The Balaban J connectivity index is 1.72. The Morgan fingerprint density at radius 3 is 2.71 bits per heavy atom. The zero-order valence-electron chi connectivity index (χ0n) is 12.7. The van der Waals surface area contributed by atoms with Gasteiger partial charge in [-0.25, -0.2) is 0 Å². The number of hydrogen-bond donors (Lipinski definition) is 1. The molecular weight excluding hydrogens is 274 g/mol. The van der Waals surface area contributed by atoms with Gasteiger partial charge in [-0.15, -0.1) is 11.3 Å². The van der Waals surface area contributed by atoms with E-state index in [1.165, 1.54) is 49.0 Å². The number of thiophene rings is 1. The van der Waals surface area contributed by atoms with Crippen LogP contribution in [0.5, 0.6) is 0 Å². The average molecular weight is 297 g/mol. The average Bonchev–Trinajstić information content (AvgIpc) is 3.01. The van der Waals surface area contributed by atoms with E-state index in [1.54, 1.807) is 16.0 Å². The van der Waals surface area contributed by atoms with Crippen LogP contribution in [0.25, 0.3) is 0 Å². The van der Waals surface area contributed by atoms with Crippen molar-refractivity contribution in [3.05, 3.63) is 56.8 Å². The fourth-order valence-electron chi connectivity index (χ4n) is 3.81. The van der Waals surface area contributed by atoms with Crippen molar-refractivity contribution >= 4 is 11.3 Å². The van der Waals surface area contributed by atoms with Gasteiger partial charge in [0.05, 0.1) is 6.04 Å². The molecule has 110 valence electrons. The molecule has 0 bridgehead atoms. The van der Waals surface area contributed by atoms with Gasteiger partial charge in [0.1, 0.15) is 0 Å². The zero-order chi connectivity index (χ0) is 14.2. The highest BCUT2D eigenvalue weighted by Crippen LogP contribution is 2.42. The maximum Gasteiger partial charge on any atom is 0.0671 e. The molecule has 1 fully saturated rings. The number of benzene rings is 1. The molecule has 0 radical (unpaired) electrons. The van der Waals surface area contributed by atoms with Crippen molar-refractivity contribution in [1.29, 1.82) is 0 Å². The Bertz CT molecular complexity index is 617. The van der Waals surface area contributed by atoms with Crippen molar-refractivity contribution in [1.82, 2.24) is 5.32 Å². The number of hydrogen-bond acceptors (Lipinski definition) is 2. The van der Waals surface area contributed by atoms with E-state index < -0.39 is 0 Å². The summed E-state index contributed by atoms with van der Waals surface area (Å²) in [5.41, 5.74) is 4.69. The summed E-state index contributed by atoms with van der Waals surface area (Å²) in [6.07, 6.45) is 8.07. The van der Waals surface area contributed by atoms with E-state index in [2.05, 4.69) is 42.7 Å². The van der Waals surface area contributed by atoms with E-state index in [9.17, 15) is 0 Å². The zero-order valence-corrected chi connectivity index (χ0v) is 13.5. The van der Waals surface area contributed by atoms with Crippen molar-refractivity contribution in [2.75, 3.05) is 7.05 Å². The summed E-state index contributed by atoms with van der Waals surface area (Å²) >= 11 is 2.03. The molecule has 0 aliphatic heterocycles. The van der Waals surface area contributed by atoms with E-state index in [0.29, 0.717) is 6.04 Å². The molecule has 2 aromatic rings. The molecule has 21 heavy (non-hydrogen) atoms. The second-order valence-corrected chi connectivity index (χ2v) is 7.60. The summed E-state index contributed by atoms with van der Waals surface area (Å²) in [7, 11) is 2.10. The van der Waals surface area contributed by atoms with Crippen LogP contribution in [0.2, 0.25) is 0 Å². The predicted molar refractivity (Wildman–Crippen MR) is 90.3 cm³/mol. The maximum absolute atomic E-state index is 3.58. The molecule has 1 aromatic heterocycles. The van der Waals surface area contributed by atoms with Gasteiger partial charge < -0.3 is 5.32 Å². The van der Waals surface area contributed by atoms with Gasteiger partial charge in [0.2, 0.25) is 0 Å². The van der Waals surface area contributed by atoms with Crippen LogP contribution in [0.1, 0.15) is 64.1 Å². The number of rotatable bonds is 4. The van der Waals surface area contributed by atoms with Crippen LogP contribution in [-0.4, -0.2) is 7.05 Å². The lowest BCUT2D eigenvalue weighted by atomic mass is 9.77.